The van der Waals surface area contributed by atoms with Crippen LogP contribution in [0.2, 0.25) is 0 Å². The van der Waals surface area contributed by atoms with Crippen LogP contribution in [0.3, 0.4) is 0 Å². The Morgan fingerprint density at radius 1 is 1.12 bits per heavy atom. The third-order valence-electron chi connectivity index (χ3n) is 3.51. The van der Waals surface area contributed by atoms with E-state index in [-0.39, 0.29) is 5.56 Å². The van der Waals surface area contributed by atoms with E-state index in [4.69, 9.17) is 4.42 Å². The van der Waals surface area contributed by atoms with E-state index >= 15 is 0 Å². The molecular formula is C18H10NO6-. The first-order valence-corrected chi connectivity index (χ1v) is 7.16. The third-order valence-corrected chi connectivity index (χ3v) is 3.51. The van der Waals surface area contributed by atoms with Gasteiger partial charge in [-0.2, -0.15) is 0 Å². The summed E-state index contributed by atoms with van der Waals surface area (Å²) < 4.78 is 5.09. The van der Waals surface area contributed by atoms with Crippen LogP contribution >= 0.6 is 0 Å². The summed E-state index contributed by atoms with van der Waals surface area (Å²) in [7, 11) is 0. The number of benzene rings is 2. The van der Waals surface area contributed by atoms with Gasteiger partial charge in [-0.1, -0.05) is 36.4 Å². The average Bonchev–Trinajstić information content (AvgIpc) is 2.59. The van der Waals surface area contributed by atoms with Gasteiger partial charge < -0.3 is 9.52 Å². The molecule has 7 heteroatoms. The highest BCUT2D eigenvalue weighted by atomic mass is 16.6. The Morgan fingerprint density at radius 3 is 2.64 bits per heavy atom. The predicted molar refractivity (Wildman–Crippen MR) is 88.4 cm³/mol. The lowest BCUT2D eigenvalue weighted by molar-refractivity contribution is -0.398. The van der Waals surface area contributed by atoms with Gasteiger partial charge in [-0.25, -0.2) is 4.79 Å². The summed E-state index contributed by atoms with van der Waals surface area (Å²) in [5.74, 6) is -1.32. The van der Waals surface area contributed by atoms with Crippen molar-refractivity contribution in [3.8, 4) is 5.75 Å². The first-order chi connectivity index (χ1) is 12.0. The zero-order valence-electron chi connectivity index (χ0n) is 12.7. The quantitative estimate of drug-likeness (QED) is 0.238. The van der Waals surface area contributed by atoms with Gasteiger partial charge in [0.2, 0.25) is 0 Å². The topological polar surface area (TPSA) is 113 Å². The Bertz CT molecular complexity index is 1080. The first kappa shape index (κ1) is 16.1. The molecule has 0 aliphatic carbocycles. The lowest BCUT2D eigenvalue weighted by Gasteiger charge is -2.06. The molecule has 0 aliphatic rings. The molecule has 124 valence electrons. The molecule has 0 aliphatic heterocycles. The maximum atomic E-state index is 12.2. The number of rotatable bonds is 4. The summed E-state index contributed by atoms with van der Waals surface area (Å²) in [6.07, 6.45) is 2.40. The molecule has 0 bridgehead atoms. The summed E-state index contributed by atoms with van der Waals surface area (Å²) in [5, 5.41) is 22.7. The molecule has 0 unspecified atom stereocenters. The number of hydrogen-bond acceptors (Lipinski definition) is 6. The van der Waals surface area contributed by atoms with Crippen LogP contribution in [0, 0.1) is 10.1 Å². The van der Waals surface area contributed by atoms with E-state index in [1.54, 1.807) is 24.3 Å². The van der Waals surface area contributed by atoms with Crippen LogP contribution in [0.15, 0.2) is 63.8 Å². The highest BCUT2D eigenvalue weighted by molar-refractivity contribution is 6.07. The smallest absolute Gasteiger partial charge is 0.347 e. The van der Waals surface area contributed by atoms with E-state index in [2.05, 4.69) is 0 Å². The summed E-state index contributed by atoms with van der Waals surface area (Å²) in [5.41, 5.74) is -0.835. The number of carbonyl (C=O) groups is 1. The molecule has 7 nitrogen and oxygen atoms in total. The fraction of sp³-hybridized carbons (Fsp3) is 0. The van der Waals surface area contributed by atoms with Crippen LogP contribution in [-0.2, 0) is 0 Å². The highest BCUT2D eigenvalue weighted by Crippen LogP contribution is 2.24. The minimum Gasteiger partial charge on any atom is -0.868 e. The lowest BCUT2D eigenvalue weighted by atomic mass is 10.1. The molecule has 2 aromatic carbocycles. The van der Waals surface area contributed by atoms with E-state index in [0.717, 1.165) is 18.2 Å². The van der Waals surface area contributed by atoms with Gasteiger partial charge in [0.1, 0.15) is 11.1 Å². The number of hydrogen-bond donors (Lipinski definition) is 0. The van der Waals surface area contributed by atoms with E-state index in [9.17, 15) is 24.8 Å². The summed E-state index contributed by atoms with van der Waals surface area (Å²) in [6.45, 7) is 0. The van der Waals surface area contributed by atoms with Gasteiger partial charge in [0.05, 0.1) is 4.92 Å². The largest absolute Gasteiger partial charge is 0.868 e. The molecule has 0 saturated carbocycles. The van der Waals surface area contributed by atoms with Crippen molar-refractivity contribution in [3.05, 3.63) is 86.3 Å². The van der Waals surface area contributed by atoms with Gasteiger partial charge >= 0.3 is 5.63 Å². The van der Waals surface area contributed by atoms with Crippen molar-refractivity contribution in [2.45, 2.75) is 0 Å². The Morgan fingerprint density at radius 2 is 1.88 bits per heavy atom. The number of nitrogens with zero attached hydrogens (tertiary/aromatic N) is 1. The van der Waals surface area contributed by atoms with Gasteiger partial charge in [-0.3, -0.25) is 14.9 Å². The number of nitro benzene ring substituents is 1. The van der Waals surface area contributed by atoms with Crippen molar-refractivity contribution < 1.29 is 19.2 Å². The molecule has 0 saturated heterocycles. The molecular weight excluding hydrogens is 326 g/mol. The van der Waals surface area contributed by atoms with Gasteiger partial charge in [-0.05, 0) is 29.5 Å². The van der Waals surface area contributed by atoms with Crippen LogP contribution in [0.1, 0.15) is 15.9 Å². The van der Waals surface area contributed by atoms with Crippen molar-refractivity contribution in [2.75, 3.05) is 0 Å². The minimum absolute atomic E-state index is 0.148. The number of allylic oxidation sites excluding steroid dienone is 1. The fourth-order valence-corrected chi connectivity index (χ4v) is 2.28. The average molecular weight is 336 g/mol. The van der Waals surface area contributed by atoms with Crippen molar-refractivity contribution in [1.82, 2.24) is 0 Å². The Kier molecular flexibility index (Phi) is 4.13. The van der Waals surface area contributed by atoms with Gasteiger partial charge in [0.25, 0.3) is 5.69 Å². The van der Waals surface area contributed by atoms with Crippen LogP contribution in [0.4, 0.5) is 5.69 Å². The minimum atomic E-state index is -0.792. The van der Waals surface area contributed by atoms with Crippen molar-refractivity contribution >= 4 is 28.5 Å². The SMILES string of the molecule is O=C(/C=C/c1ccc([O-])c([N+](=O)[O-])c1)c1cc2ccccc2oc1=O. The van der Waals surface area contributed by atoms with Crippen molar-refractivity contribution in [3.63, 3.8) is 0 Å². The lowest BCUT2D eigenvalue weighted by Crippen LogP contribution is -2.11. The second-order valence-electron chi connectivity index (χ2n) is 5.17. The molecule has 3 rings (SSSR count). The number of nitro groups is 1. The standard InChI is InChI=1S/C18H11NO6/c20-15(7-5-11-6-8-16(21)14(9-11)19(23)24)13-10-12-3-1-2-4-17(12)25-18(13)22/h1-10,21H/p-1/b7-5+. The summed E-state index contributed by atoms with van der Waals surface area (Å²) in [6, 6.07) is 11.7. The third kappa shape index (κ3) is 3.30. The number of fused-ring (bicyclic) bond motifs is 1. The fourth-order valence-electron chi connectivity index (χ4n) is 2.28. The Hall–Kier alpha value is -3.74. The van der Waals surface area contributed by atoms with Crippen molar-refractivity contribution in [1.29, 1.82) is 0 Å². The van der Waals surface area contributed by atoms with Crippen LogP contribution < -0.4 is 10.7 Å². The monoisotopic (exact) mass is 336 g/mol. The van der Waals surface area contributed by atoms with E-state index in [1.165, 1.54) is 18.2 Å². The maximum Gasteiger partial charge on any atom is 0.347 e. The first-order valence-electron chi connectivity index (χ1n) is 7.16. The van der Waals surface area contributed by atoms with E-state index in [1.807, 2.05) is 0 Å². The van der Waals surface area contributed by atoms with Gasteiger partial charge in [-0.15, -0.1) is 0 Å². The Labute approximate surface area is 140 Å². The summed E-state index contributed by atoms with van der Waals surface area (Å²) >= 11 is 0. The molecule has 0 radical (unpaired) electrons. The molecule has 1 aromatic heterocycles. The number of carbonyl (C=O) groups excluding carboxylic acids is 1. The Balaban J connectivity index is 1.93. The van der Waals surface area contributed by atoms with E-state index < -0.39 is 27.8 Å². The second-order valence-corrected chi connectivity index (χ2v) is 5.17. The molecule has 0 N–H and O–H groups in total. The van der Waals surface area contributed by atoms with Gasteiger partial charge in [0, 0.05) is 11.5 Å². The molecule has 1 heterocycles. The van der Waals surface area contributed by atoms with Crippen molar-refractivity contribution in [2.24, 2.45) is 0 Å². The zero-order valence-corrected chi connectivity index (χ0v) is 12.7. The van der Waals surface area contributed by atoms with E-state index in [0.29, 0.717) is 16.5 Å². The maximum absolute atomic E-state index is 12.2. The van der Waals surface area contributed by atoms with Crippen LogP contribution in [0.25, 0.3) is 17.0 Å². The second kappa shape index (κ2) is 6.40. The normalized spacial score (nSPS) is 11.0. The number of ketones is 1. The molecule has 0 amide bonds. The highest BCUT2D eigenvalue weighted by Gasteiger charge is 2.11. The predicted octanol–water partition coefficient (Wildman–Crippen LogP) is 2.67. The molecule has 0 atom stereocenters. The number of para-hydroxylation sites is 1. The van der Waals surface area contributed by atoms with Crippen LogP contribution in [0.5, 0.6) is 5.75 Å². The van der Waals surface area contributed by atoms with Crippen LogP contribution in [-0.4, -0.2) is 10.7 Å². The molecule has 0 spiro atoms. The molecule has 3 aromatic rings. The van der Waals surface area contributed by atoms with Gasteiger partial charge in [0.15, 0.2) is 5.78 Å². The summed E-state index contributed by atoms with van der Waals surface area (Å²) in [4.78, 5) is 34.1. The molecule has 0 fully saturated rings. The molecule has 25 heavy (non-hydrogen) atoms. The zero-order chi connectivity index (χ0) is 18.0.